The van der Waals surface area contributed by atoms with Gasteiger partial charge in [0.1, 0.15) is 12.3 Å². The summed E-state index contributed by atoms with van der Waals surface area (Å²) in [4.78, 5) is 18.8. The van der Waals surface area contributed by atoms with E-state index in [1.165, 1.54) is 0 Å². The van der Waals surface area contributed by atoms with Crippen molar-refractivity contribution in [3.63, 3.8) is 0 Å². The predicted octanol–water partition coefficient (Wildman–Crippen LogP) is -0.248. The van der Waals surface area contributed by atoms with E-state index in [9.17, 15) is 4.79 Å². The maximum atomic E-state index is 9.76. The summed E-state index contributed by atoms with van der Waals surface area (Å²) in [6.07, 6.45) is 0.640. The van der Waals surface area contributed by atoms with Gasteiger partial charge >= 0.3 is 5.97 Å². The van der Waals surface area contributed by atoms with Crippen molar-refractivity contribution >= 4 is 36.5 Å². The van der Waals surface area contributed by atoms with Gasteiger partial charge in [-0.05, 0) is 0 Å². The molecule has 0 aromatic carbocycles. The fourth-order valence-corrected chi connectivity index (χ4v) is 0.234. The van der Waals surface area contributed by atoms with Crippen molar-refractivity contribution in [1.82, 2.24) is 0 Å². The number of hydrogen-bond donors (Lipinski definition) is 3. The number of carbonyl (C=O) groups is 2. The molecular weight excluding hydrogens is 190 g/mol. The number of hydrogen-bond acceptors (Lipinski definition) is 4. The molecule has 0 heterocycles. The molecule has 1 atom stereocenters. The van der Waals surface area contributed by atoms with Crippen LogP contribution in [0.4, 0.5) is 0 Å². The molecular formula is C5H10ClNO3S. The number of carboxylic acid groups (broad SMARTS) is 1. The van der Waals surface area contributed by atoms with Gasteiger partial charge < -0.3 is 15.6 Å². The largest absolute Gasteiger partial charge is 0.480 e. The SMILES string of the molecule is NC(CS)C(=O)O.O=CCCl. The van der Waals surface area contributed by atoms with Crippen LogP contribution in [0.25, 0.3) is 0 Å². The molecule has 11 heavy (non-hydrogen) atoms. The lowest BCUT2D eigenvalue weighted by Gasteiger charge is -1.96. The smallest absolute Gasteiger partial charge is 0.321 e. The molecule has 0 saturated heterocycles. The van der Waals surface area contributed by atoms with Gasteiger partial charge in [-0.1, -0.05) is 0 Å². The van der Waals surface area contributed by atoms with Crippen LogP contribution in [0.15, 0.2) is 0 Å². The van der Waals surface area contributed by atoms with Gasteiger partial charge in [0.15, 0.2) is 0 Å². The molecule has 0 aliphatic heterocycles. The van der Waals surface area contributed by atoms with Gasteiger partial charge in [0.2, 0.25) is 0 Å². The number of thiol groups is 1. The van der Waals surface area contributed by atoms with Crippen LogP contribution in [0.1, 0.15) is 0 Å². The van der Waals surface area contributed by atoms with Crippen molar-refractivity contribution < 1.29 is 14.7 Å². The van der Waals surface area contributed by atoms with Crippen LogP contribution in [0.5, 0.6) is 0 Å². The predicted molar refractivity (Wildman–Crippen MR) is 46.2 cm³/mol. The maximum Gasteiger partial charge on any atom is 0.321 e. The average Bonchev–Trinajstić information content (AvgIpc) is 2.03. The lowest BCUT2D eigenvalue weighted by molar-refractivity contribution is -0.137. The van der Waals surface area contributed by atoms with Crippen LogP contribution < -0.4 is 5.73 Å². The summed E-state index contributed by atoms with van der Waals surface area (Å²) in [5.41, 5.74) is 4.94. The van der Waals surface area contributed by atoms with E-state index < -0.39 is 12.0 Å². The van der Waals surface area contributed by atoms with Crippen LogP contribution in [0.3, 0.4) is 0 Å². The van der Waals surface area contributed by atoms with Gasteiger partial charge in [0.05, 0.1) is 5.88 Å². The fourth-order valence-electron chi connectivity index (χ4n) is 0.0781. The molecule has 66 valence electrons. The molecule has 0 aliphatic carbocycles. The van der Waals surface area contributed by atoms with Crippen LogP contribution in [0, 0.1) is 0 Å². The van der Waals surface area contributed by atoms with Gasteiger partial charge in [0.25, 0.3) is 0 Å². The standard InChI is InChI=1S/C3H7NO2S.C2H3ClO/c4-2(1-7)3(5)6;3-1-2-4/h2,7H,1,4H2,(H,5,6);2H,1H2. The quantitative estimate of drug-likeness (QED) is 0.333. The molecule has 0 radical (unpaired) electrons. The zero-order valence-electron chi connectivity index (χ0n) is 5.74. The summed E-state index contributed by atoms with van der Waals surface area (Å²) in [6, 6.07) is -0.816. The van der Waals surface area contributed by atoms with E-state index in [0.29, 0.717) is 6.29 Å². The van der Waals surface area contributed by atoms with Crippen LogP contribution >= 0.6 is 24.2 Å². The average molecular weight is 200 g/mol. The zero-order valence-corrected chi connectivity index (χ0v) is 7.39. The Kier molecular flexibility index (Phi) is 11.8. The molecule has 0 spiro atoms. The normalized spacial score (nSPS) is 10.8. The summed E-state index contributed by atoms with van der Waals surface area (Å²) in [5, 5.41) is 8.01. The Morgan fingerprint density at radius 3 is 2.18 bits per heavy atom. The number of aldehydes is 1. The van der Waals surface area contributed by atoms with E-state index in [1.54, 1.807) is 0 Å². The Morgan fingerprint density at radius 2 is 2.18 bits per heavy atom. The number of halogens is 1. The first kappa shape index (κ1) is 13.3. The van der Waals surface area contributed by atoms with Crippen molar-refractivity contribution in [2.24, 2.45) is 5.73 Å². The fraction of sp³-hybridized carbons (Fsp3) is 0.600. The lowest BCUT2D eigenvalue weighted by atomic mass is 10.4. The summed E-state index contributed by atoms with van der Waals surface area (Å²) in [6.45, 7) is 0. The first-order chi connectivity index (χ1) is 5.09. The van der Waals surface area contributed by atoms with Gasteiger partial charge in [-0.2, -0.15) is 12.6 Å². The number of aliphatic carboxylic acids is 1. The number of alkyl halides is 1. The van der Waals surface area contributed by atoms with Gasteiger partial charge in [-0.25, -0.2) is 0 Å². The Morgan fingerprint density at radius 1 is 1.82 bits per heavy atom. The zero-order chi connectivity index (χ0) is 9.28. The second-order valence-corrected chi connectivity index (χ2v) is 2.12. The second-order valence-electron chi connectivity index (χ2n) is 1.45. The molecule has 0 aromatic rings. The van der Waals surface area contributed by atoms with E-state index >= 15 is 0 Å². The Balaban J connectivity index is 0. The van der Waals surface area contributed by atoms with Gasteiger partial charge in [-0.15, -0.1) is 11.6 Å². The minimum atomic E-state index is -1.00. The third-order valence-corrected chi connectivity index (χ3v) is 1.10. The van der Waals surface area contributed by atoms with Gasteiger partial charge in [0, 0.05) is 5.75 Å². The van der Waals surface area contributed by atoms with E-state index in [1.807, 2.05) is 0 Å². The highest BCUT2D eigenvalue weighted by molar-refractivity contribution is 7.80. The Bertz CT molecular complexity index is 122. The summed E-state index contributed by atoms with van der Waals surface area (Å²) in [7, 11) is 0. The molecule has 1 unspecified atom stereocenters. The third kappa shape index (κ3) is 12.8. The summed E-state index contributed by atoms with van der Waals surface area (Å²) < 4.78 is 0. The molecule has 6 heteroatoms. The molecule has 0 bridgehead atoms. The first-order valence-electron chi connectivity index (χ1n) is 2.69. The van der Waals surface area contributed by atoms with E-state index in [4.69, 9.17) is 27.2 Å². The number of carbonyl (C=O) groups excluding carboxylic acids is 1. The van der Waals surface area contributed by atoms with E-state index in [-0.39, 0.29) is 11.6 Å². The van der Waals surface area contributed by atoms with Crippen molar-refractivity contribution in [3.8, 4) is 0 Å². The molecule has 0 saturated carbocycles. The summed E-state index contributed by atoms with van der Waals surface area (Å²) in [5.74, 6) is -0.704. The van der Waals surface area contributed by atoms with Crippen molar-refractivity contribution in [2.45, 2.75) is 6.04 Å². The van der Waals surface area contributed by atoms with Gasteiger partial charge in [-0.3, -0.25) is 4.79 Å². The minimum Gasteiger partial charge on any atom is -0.480 e. The highest BCUT2D eigenvalue weighted by Crippen LogP contribution is 1.80. The Hall–Kier alpha value is -0.260. The molecule has 0 aliphatic rings. The molecule has 0 amide bonds. The maximum absolute atomic E-state index is 9.76. The first-order valence-corrected chi connectivity index (χ1v) is 3.85. The monoisotopic (exact) mass is 199 g/mol. The number of carboxylic acids is 1. The topological polar surface area (TPSA) is 80.4 Å². The summed E-state index contributed by atoms with van der Waals surface area (Å²) >= 11 is 8.47. The highest BCUT2D eigenvalue weighted by Gasteiger charge is 2.06. The molecule has 4 nitrogen and oxygen atoms in total. The number of rotatable bonds is 3. The number of nitrogens with two attached hydrogens (primary N) is 1. The van der Waals surface area contributed by atoms with Crippen LogP contribution in [-0.2, 0) is 9.59 Å². The lowest BCUT2D eigenvalue weighted by Crippen LogP contribution is -2.31. The molecule has 0 fully saturated rings. The van der Waals surface area contributed by atoms with Crippen molar-refractivity contribution in [2.75, 3.05) is 11.6 Å². The van der Waals surface area contributed by atoms with Crippen LogP contribution in [-0.4, -0.2) is 35.0 Å². The van der Waals surface area contributed by atoms with Crippen molar-refractivity contribution in [3.05, 3.63) is 0 Å². The van der Waals surface area contributed by atoms with E-state index in [2.05, 4.69) is 12.6 Å². The molecule has 3 N–H and O–H groups in total. The highest BCUT2D eigenvalue weighted by atomic mass is 35.5. The van der Waals surface area contributed by atoms with Crippen LogP contribution in [0.2, 0.25) is 0 Å². The molecule has 0 rings (SSSR count). The van der Waals surface area contributed by atoms with Crippen molar-refractivity contribution in [1.29, 1.82) is 0 Å². The van der Waals surface area contributed by atoms with E-state index in [0.717, 1.165) is 0 Å². The third-order valence-electron chi connectivity index (χ3n) is 0.577. The minimum absolute atomic E-state index is 0.111. The molecule has 0 aromatic heterocycles. The second kappa shape index (κ2) is 9.74. The Labute approximate surface area is 75.1 Å².